The van der Waals surface area contributed by atoms with E-state index in [4.69, 9.17) is 4.98 Å². The summed E-state index contributed by atoms with van der Waals surface area (Å²) in [5, 5.41) is 1.33. The molecule has 0 saturated heterocycles. The monoisotopic (exact) mass is 450 g/mol. The fourth-order valence-electron chi connectivity index (χ4n) is 5.78. The van der Waals surface area contributed by atoms with Gasteiger partial charge in [0.15, 0.2) is 0 Å². The Morgan fingerprint density at radius 1 is 0.800 bits per heavy atom. The molecule has 0 fully saturated rings. The van der Waals surface area contributed by atoms with Crippen molar-refractivity contribution in [3.8, 4) is 16.8 Å². The normalized spacial score (nSPS) is 13.4. The standard InChI is InChI=1S/C31H22N4/c1-2-9-21(10-3-1)34-30-22(20-17-18-26-24(19-20)23-11-4-5-13-25(23)32-26)12-8-16-29(30)35-28-15-7-6-14-27(28)33-31(34)35/h1-3,5-10,12-19,32H,4,11H2. The van der Waals surface area contributed by atoms with Gasteiger partial charge in [-0.25, -0.2) is 4.98 Å². The maximum atomic E-state index is 5.08. The van der Waals surface area contributed by atoms with E-state index in [1.165, 1.54) is 38.8 Å². The highest BCUT2D eigenvalue weighted by Gasteiger charge is 2.21. The molecule has 4 aromatic carbocycles. The number of nitrogens with one attached hydrogen (secondary N) is 1. The Hall–Kier alpha value is -4.57. The van der Waals surface area contributed by atoms with Crippen molar-refractivity contribution in [2.45, 2.75) is 12.8 Å². The molecule has 3 aromatic heterocycles. The summed E-state index contributed by atoms with van der Waals surface area (Å²) in [6.07, 6.45) is 6.66. The smallest absolute Gasteiger partial charge is 0.220 e. The first-order chi connectivity index (χ1) is 17.4. The Kier molecular flexibility index (Phi) is 3.74. The molecule has 1 aliphatic carbocycles. The Morgan fingerprint density at radius 2 is 1.66 bits per heavy atom. The number of rotatable bonds is 2. The third kappa shape index (κ3) is 2.59. The van der Waals surface area contributed by atoms with Crippen molar-refractivity contribution in [1.29, 1.82) is 0 Å². The molecule has 8 rings (SSSR count). The molecule has 0 atom stereocenters. The van der Waals surface area contributed by atoms with Crippen LogP contribution in [0.5, 0.6) is 0 Å². The van der Waals surface area contributed by atoms with Gasteiger partial charge >= 0.3 is 0 Å². The second kappa shape index (κ2) is 6.97. The molecule has 1 N–H and O–H groups in total. The van der Waals surface area contributed by atoms with Crippen LogP contribution in [0.1, 0.15) is 17.7 Å². The lowest BCUT2D eigenvalue weighted by Crippen LogP contribution is -1.96. The second-order valence-electron chi connectivity index (χ2n) is 9.30. The number of aromatic amines is 1. The van der Waals surface area contributed by atoms with Crippen LogP contribution in [0.4, 0.5) is 0 Å². The van der Waals surface area contributed by atoms with E-state index in [1.807, 2.05) is 0 Å². The fourth-order valence-corrected chi connectivity index (χ4v) is 5.78. The molecule has 0 amide bonds. The number of aryl methyl sites for hydroxylation is 1. The van der Waals surface area contributed by atoms with Crippen molar-refractivity contribution in [3.63, 3.8) is 0 Å². The summed E-state index contributed by atoms with van der Waals surface area (Å²) < 4.78 is 4.60. The summed E-state index contributed by atoms with van der Waals surface area (Å²) in [5.74, 6) is 0.935. The number of aromatic nitrogens is 4. The first-order valence-corrected chi connectivity index (χ1v) is 12.1. The summed E-state index contributed by atoms with van der Waals surface area (Å²) >= 11 is 0. The lowest BCUT2D eigenvalue weighted by atomic mass is 9.97. The van der Waals surface area contributed by atoms with E-state index < -0.39 is 0 Å². The van der Waals surface area contributed by atoms with Crippen molar-refractivity contribution in [2.24, 2.45) is 0 Å². The molecule has 166 valence electrons. The van der Waals surface area contributed by atoms with Crippen LogP contribution in [0.15, 0.2) is 97.1 Å². The number of hydrogen-bond acceptors (Lipinski definition) is 1. The molecule has 3 heterocycles. The zero-order valence-corrected chi connectivity index (χ0v) is 19.1. The van der Waals surface area contributed by atoms with Gasteiger partial charge in [-0.15, -0.1) is 0 Å². The Morgan fingerprint density at radius 3 is 2.60 bits per heavy atom. The van der Waals surface area contributed by atoms with Crippen molar-refractivity contribution in [3.05, 3.63) is 108 Å². The maximum absolute atomic E-state index is 5.08. The van der Waals surface area contributed by atoms with Gasteiger partial charge in [0.25, 0.3) is 0 Å². The predicted molar refractivity (Wildman–Crippen MR) is 144 cm³/mol. The lowest BCUT2D eigenvalue weighted by Gasteiger charge is -2.11. The minimum absolute atomic E-state index is 0.935. The number of para-hydroxylation sites is 4. The molecule has 35 heavy (non-hydrogen) atoms. The highest BCUT2D eigenvalue weighted by atomic mass is 15.2. The van der Waals surface area contributed by atoms with Gasteiger partial charge in [-0.1, -0.05) is 54.6 Å². The molecule has 0 bridgehead atoms. The number of imidazole rings is 2. The van der Waals surface area contributed by atoms with Gasteiger partial charge in [-0.3, -0.25) is 8.97 Å². The van der Waals surface area contributed by atoms with Gasteiger partial charge in [0.2, 0.25) is 5.78 Å². The van der Waals surface area contributed by atoms with Crippen LogP contribution in [-0.4, -0.2) is 18.9 Å². The topological polar surface area (TPSA) is 38.0 Å². The zero-order chi connectivity index (χ0) is 22.9. The maximum Gasteiger partial charge on any atom is 0.220 e. The highest BCUT2D eigenvalue weighted by molar-refractivity contribution is 6.02. The quantitative estimate of drug-likeness (QED) is 0.290. The number of fused-ring (bicyclic) bond motifs is 8. The molecule has 0 radical (unpaired) electrons. The van der Waals surface area contributed by atoms with Crippen LogP contribution >= 0.6 is 0 Å². The average molecular weight is 451 g/mol. The van der Waals surface area contributed by atoms with Gasteiger partial charge in [-0.2, -0.15) is 0 Å². The minimum Gasteiger partial charge on any atom is -0.355 e. The zero-order valence-electron chi connectivity index (χ0n) is 19.1. The van der Waals surface area contributed by atoms with Crippen molar-refractivity contribution in [2.75, 3.05) is 0 Å². The molecule has 1 aliphatic rings. The number of benzene rings is 4. The first kappa shape index (κ1) is 18.8. The van der Waals surface area contributed by atoms with E-state index in [0.29, 0.717) is 0 Å². The first-order valence-electron chi connectivity index (χ1n) is 12.1. The van der Waals surface area contributed by atoms with Crippen LogP contribution < -0.4 is 0 Å². The van der Waals surface area contributed by atoms with Gasteiger partial charge < -0.3 is 4.98 Å². The Labute approximate surface area is 201 Å². The molecule has 0 aliphatic heterocycles. The molecule has 0 unspecified atom stereocenters. The predicted octanol–water partition coefficient (Wildman–Crippen LogP) is 7.54. The van der Waals surface area contributed by atoms with Gasteiger partial charge in [0, 0.05) is 27.8 Å². The number of H-pyrrole nitrogens is 1. The van der Waals surface area contributed by atoms with Crippen LogP contribution in [0.2, 0.25) is 0 Å². The van der Waals surface area contributed by atoms with Crippen LogP contribution in [0.3, 0.4) is 0 Å². The summed E-state index contributed by atoms with van der Waals surface area (Å²) in [6.45, 7) is 0. The molecular formula is C31H22N4. The van der Waals surface area contributed by atoms with Gasteiger partial charge in [0.05, 0.1) is 22.1 Å². The fraction of sp³-hybridized carbons (Fsp3) is 0.0645. The third-order valence-electron chi connectivity index (χ3n) is 7.33. The molecular weight excluding hydrogens is 428 g/mol. The van der Waals surface area contributed by atoms with Gasteiger partial charge in [-0.05, 0) is 72.5 Å². The average Bonchev–Trinajstić information content (AvgIpc) is 3.57. The van der Waals surface area contributed by atoms with Crippen LogP contribution in [0.25, 0.3) is 61.6 Å². The molecule has 7 aromatic rings. The van der Waals surface area contributed by atoms with Crippen LogP contribution in [0, 0.1) is 0 Å². The minimum atomic E-state index is 0.935. The SMILES string of the molecule is C1=Cc2[nH]c3ccc(-c4cccc5c4n(-c4ccccc4)c4nc6ccccc6n54)cc3c2CC1. The van der Waals surface area contributed by atoms with Crippen LogP contribution in [-0.2, 0) is 6.42 Å². The Balaban J connectivity index is 1.50. The highest BCUT2D eigenvalue weighted by Crippen LogP contribution is 2.38. The van der Waals surface area contributed by atoms with E-state index in [0.717, 1.165) is 40.9 Å². The van der Waals surface area contributed by atoms with Crippen molar-refractivity contribution >= 4 is 44.8 Å². The van der Waals surface area contributed by atoms with E-state index in [2.05, 4.69) is 117 Å². The summed E-state index contributed by atoms with van der Waals surface area (Å²) in [5.41, 5.74) is 11.9. The summed E-state index contributed by atoms with van der Waals surface area (Å²) in [4.78, 5) is 8.68. The third-order valence-corrected chi connectivity index (χ3v) is 7.33. The lowest BCUT2D eigenvalue weighted by molar-refractivity contribution is 0.992. The molecule has 4 nitrogen and oxygen atoms in total. The molecule has 0 spiro atoms. The van der Waals surface area contributed by atoms with E-state index in [1.54, 1.807) is 0 Å². The van der Waals surface area contributed by atoms with Crippen molar-refractivity contribution in [1.82, 2.24) is 18.9 Å². The second-order valence-corrected chi connectivity index (χ2v) is 9.30. The van der Waals surface area contributed by atoms with Gasteiger partial charge in [0.1, 0.15) is 0 Å². The van der Waals surface area contributed by atoms with E-state index in [9.17, 15) is 0 Å². The van der Waals surface area contributed by atoms with E-state index in [-0.39, 0.29) is 0 Å². The summed E-state index contributed by atoms with van der Waals surface area (Å²) in [7, 11) is 0. The number of allylic oxidation sites excluding steroid dienone is 1. The summed E-state index contributed by atoms with van der Waals surface area (Å²) in [6, 6.07) is 32.4. The van der Waals surface area contributed by atoms with E-state index >= 15 is 0 Å². The Bertz CT molecular complexity index is 1950. The number of nitrogens with zero attached hydrogens (tertiary/aromatic N) is 3. The van der Waals surface area contributed by atoms with Crippen molar-refractivity contribution < 1.29 is 0 Å². The molecule has 4 heteroatoms. The molecule has 0 saturated carbocycles. The number of hydrogen-bond donors (Lipinski definition) is 1. The largest absolute Gasteiger partial charge is 0.355 e.